The van der Waals surface area contributed by atoms with Gasteiger partial charge in [0.2, 0.25) is 5.91 Å². The molecule has 0 bridgehead atoms. The number of likely N-dealkylation sites (N-methyl/N-ethyl adjacent to an activating group) is 1. The fraction of sp³-hybridized carbons (Fsp3) is 0.560. The molecule has 0 radical (unpaired) electrons. The second-order valence-electron chi connectivity index (χ2n) is 8.62. The van der Waals surface area contributed by atoms with E-state index in [1.807, 2.05) is 6.07 Å². The van der Waals surface area contributed by atoms with Gasteiger partial charge < -0.3 is 19.7 Å². The first kappa shape index (κ1) is 23.1. The van der Waals surface area contributed by atoms with Crippen LogP contribution in [0.5, 0.6) is 11.5 Å². The number of aryl methyl sites for hydroxylation is 1. The van der Waals surface area contributed by atoms with E-state index in [1.165, 1.54) is 34.4 Å². The predicted octanol–water partition coefficient (Wildman–Crippen LogP) is 4.33. The topological polar surface area (TPSA) is 54.0 Å². The predicted molar refractivity (Wildman–Crippen MR) is 130 cm³/mol. The molecule has 2 aliphatic rings. The molecule has 1 aromatic heterocycles. The van der Waals surface area contributed by atoms with Crippen molar-refractivity contribution in [3.05, 3.63) is 39.8 Å². The molecule has 1 saturated heterocycles. The lowest BCUT2D eigenvalue weighted by Crippen LogP contribution is -2.47. The highest BCUT2D eigenvalue weighted by atomic mass is 32.1. The van der Waals surface area contributed by atoms with Gasteiger partial charge in [0, 0.05) is 43.5 Å². The highest BCUT2D eigenvalue weighted by Gasteiger charge is 2.33. The number of amides is 1. The summed E-state index contributed by atoms with van der Waals surface area (Å²) in [6, 6.07) is 6.34. The Balaban J connectivity index is 1.83. The summed E-state index contributed by atoms with van der Waals surface area (Å²) in [5.41, 5.74) is 3.92. The number of anilines is 1. The number of hydrogen-bond donors (Lipinski definition) is 1. The molecule has 1 atom stereocenters. The first-order valence-electron chi connectivity index (χ1n) is 11.7. The van der Waals surface area contributed by atoms with Gasteiger partial charge in [0.05, 0.1) is 20.3 Å². The third-order valence-corrected chi connectivity index (χ3v) is 7.94. The zero-order valence-electron chi connectivity index (χ0n) is 19.7. The third-order valence-electron chi connectivity index (χ3n) is 6.72. The summed E-state index contributed by atoms with van der Waals surface area (Å²) >= 11 is 1.77. The van der Waals surface area contributed by atoms with Crippen LogP contribution in [0.1, 0.15) is 54.3 Å². The molecule has 32 heavy (non-hydrogen) atoms. The number of carbonyl (C=O) groups is 1. The Morgan fingerprint density at radius 2 is 1.81 bits per heavy atom. The van der Waals surface area contributed by atoms with E-state index in [0.717, 1.165) is 62.1 Å². The minimum Gasteiger partial charge on any atom is -0.493 e. The molecule has 1 N–H and O–H groups in total. The largest absolute Gasteiger partial charge is 0.493 e. The number of nitrogens with one attached hydrogen (secondary N) is 1. The summed E-state index contributed by atoms with van der Waals surface area (Å²) in [4.78, 5) is 18.6. The highest BCUT2D eigenvalue weighted by molar-refractivity contribution is 7.16. The summed E-state index contributed by atoms with van der Waals surface area (Å²) in [5, 5.41) is 4.19. The Labute approximate surface area is 195 Å². The molecule has 1 amide bonds. The van der Waals surface area contributed by atoms with Gasteiger partial charge in [-0.05, 0) is 55.5 Å². The lowest BCUT2D eigenvalue weighted by atomic mass is 9.88. The van der Waals surface area contributed by atoms with E-state index >= 15 is 0 Å². The lowest BCUT2D eigenvalue weighted by Gasteiger charge is -2.40. The molecule has 0 saturated carbocycles. The number of ether oxygens (including phenoxy) is 2. The van der Waals surface area contributed by atoms with Gasteiger partial charge in [0.15, 0.2) is 11.5 Å². The smallest absolute Gasteiger partial charge is 0.221 e. The summed E-state index contributed by atoms with van der Waals surface area (Å²) < 4.78 is 11.2. The van der Waals surface area contributed by atoms with Gasteiger partial charge in [-0.1, -0.05) is 13.0 Å². The van der Waals surface area contributed by atoms with E-state index in [4.69, 9.17) is 9.47 Å². The average molecular weight is 458 g/mol. The van der Waals surface area contributed by atoms with Gasteiger partial charge in [-0.3, -0.25) is 9.69 Å². The molecule has 1 aliphatic carbocycles. The Morgan fingerprint density at radius 1 is 1.09 bits per heavy atom. The summed E-state index contributed by atoms with van der Waals surface area (Å²) in [7, 11) is 3.36. The van der Waals surface area contributed by atoms with Crippen molar-refractivity contribution in [1.29, 1.82) is 0 Å². The second kappa shape index (κ2) is 10.2. The van der Waals surface area contributed by atoms with Gasteiger partial charge in [0.25, 0.3) is 0 Å². The van der Waals surface area contributed by atoms with Crippen molar-refractivity contribution in [2.24, 2.45) is 0 Å². The minimum absolute atomic E-state index is 0.00768. The Hall–Kier alpha value is -2.09. The fourth-order valence-electron chi connectivity index (χ4n) is 5.05. The first-order chi connectivity index (χ1) is 15.5. The Morgan fingerprint density at radius 3 is 2.47 bits per heavy atom. The van der Waals surface area contributed by atoms with Crippen molar-refractivity contribution in [2.75, 3.05) is 52.3 Å². The number of benzene rings is 1. The van der Waals surface area contributed by atoms with Crippen molar-refractivity contribution >= 4 is 22.2 Å². The van der Waals surface area contributed by atoms with E-state index in [9.17, 15) is 4.79 Å². The van der Waals surface area contributed by atoms with Crippen molar-refractivity contribution < 1.29 is 14.3 Å². The molecule has 6 nitrogen and oxygen atoms in total. The van der Waals surface area contributed by atoms with Crippen LogP contribution in [0.25, 0.3) is 0 Å². The average Bonchev–Trinajstić information content (AvgIpc) is 3.16. The van der Waals surface area contributed by atoms with E-state index in [1.54, 1.807) is 32.5 Å². The number of hydrogen-bond acceptors (Lipinski definition) is 6. The lowest BCUT2D eigenvalue weighted by molar-refractivity contribution is -0.114. The van der Waals surface area contributed by atoms with Crippen molar-refractivity contribution in [1.82, 2.24) is 9.80 Å². The van der Waals surface area contributed by atoms with Gasteiger partial charge in [-0.25, -0.2) is 0 Å². The van der Waals surface area contributed by atoms with Crippen LogP contribution < -0.4 is 14.8 Å². The maximum Gasteiger partial charge on any atom is 0.221 e. The third kappa shape index (κ3) is 4.65. The monoisotopic (exact) mass is 457 g/mol. The van der Waals surface area contributed by atoms with Crippen LogP contribution in [0.3, 0.4) is 0 Å². The Bertz CT molecular complexity index is 950. The molecular weight excluding hydrogens is 422 g/mol. The van der Waals surface area contributed by atoms with Crippen LogP contribution in [-0.4, -0.2) is 62.7 Å². The van der Waals surface area contributed by atoms with Crippen LogP contribution in [0.4, 0.5) is 5.00 Å². The summed E-state index contributed by atoms with van der Waals surface area (Å²) in [6.45, 7) is 9.03. The number of fused-ring (bicyclic) bond motifs is 1. The van der Waals surface area contributed by atoms with Crippen molar-refractivity contribution in [3.63, 3.8) is 0 Å². The van der Waals surface area contributed by atoms with Crippen molar-refractivity contribution in [2.45, 2.75) is 45.6 Å². The molecule has 2 aromatic rings. The van der Waals surface area contributed by atoms with Crippen LogP contribution in [0.15, 0.2) is 18.2 Å². The standard InChI is InChI=1S/C25H35N3O3S/c1-5-27-12-14-28(15-13-27)24(18-10-11-20(30-3)21(16-18)31-4)23-19-8-6-7-9-22(19)32-25(23)26-17(2)29/h10-11,16,24H,5-9,12-15H2,1-4H3,(H,26,29). The molecule has 2 heterocycles. The number of methoxy groups -OCH3 is 2. The van der Waals surface area contributed by atoms with Crippen LogP contribution in [-0.2, 0) is 17.6 Å². The Kier molecular flexibility index (Phi) is 7.38. The molecule has 1 unspecified atom stereocenters. The number of rotatable bonds is 7. The quantitative estimate of drug-likeness (QED) is 0.671. The van der Waals surface area contributed by atoms with Crippen LogP contribution in [0.2, 0.25) is 0 Å². The molecule has 1 aromatic carbocycles. The van der Waals surface area contributed by atoms with E-state index < -0.39 is 0 Å². The minimum atomic E-state index is -0.00768. The molecule has 1 fully saturated rings. The zero-order valence-corrected chi connectivity index (χ0v) is 20.5. The van der Waals surface area contributed by atoms with Gasteiger partial charge in [0.1, 0.15) is 5.00 Å². The first-order valence-corrected chi connectivity index (χ1v) is 12.5. The highest BCUT2D eigenvalue weighted by Crippen LogP contribution is 2.46. The maximum absolute atomic E-state index is 12.1. The molecule has 1 aliphatic heterocycles. The van der Waals surface area contributed by atoms with E-state index in [-0.39, 0.29) is 11.9 Å². The van der Waals surface area contributed by atoms with E-state index in [0.29, 0.717) is 0 Å². The maximum atomic E-state index is 12.1. The van der Waals surface area contributed by atoms with Crippen LogP contribution in [0, 0.1) is 0 Å². The molecule has 4 rings (SSSR count). The normalized spacial score (nSPS) is 18.1. The summed E-state index contributed by atoms with van der Waals surface area (Å²) in [6.07, 6.45) is 4.62. The molecule has 7 heteroatoms. The number of carbonyl (C=O) groups excluding carboxylic acids is 1. The number of nitrogens with zero attached hydrogens (tertiary/aromatic N) is 2. The van der Waals surface area contributed by atoms with Crippen LogP contribution >= 0.6 is 11.3 Å². The molecule has 0 spiro atoms. The molecular formula is C25H35N3O3S. The fourth-order valence-corrected chi connectivity index (χ4v) is 6.42. The number of piperazine rings is 1. The van der Waals surface area contributed by atoms with Crippen molar-refractivity contribution in [3.8, 4) is 11.5 Å². The number of thiophene rings is 1. The van der Waals surface area contributed by atoms with E-state index in [2.05, 4.69) is 34.2 Å². The second-order valence-corrected chi connectivity index (χ2v) is 9.73. The molecule has 174 valence electrons. The zero-order chi connectivity index (χ0) is 22.7. The van der Waals surface area contributed by atoms with Gasteiger partial charge in [-0.2, -0.15) is 0 Å². The van der Waals surface area contributed by atoms with Gasteiger partial charge >= 0.3 is 0 Å². The summed E-state index contributed by atoms with van der Waals surface area (Å²) in [5.74, 6) is 1.47. The SMILES string of the molecule is CCN1CCN(C(c2ccc(OC)c(OC)c2)c2c(NC(C)=O)sc3c2CCCC3)CC1. The van der Waals surface area contributed by atoms with Gasteiger partial charge in [-0.15, -0.1) is 11.3 Å².